The molecule has 0 saturated carbocycles. The topological polar surface area (TPSA) is 83.8 Å². The van der Waals surface area contributed by atoms with E-state index in [0.29, 0.717) is 60.8 Å². The highest BCUT2D eigenvalue weighted by Crippen LogP contribution is 2.30. The molecule has 0 unspecified atom stereocenters. The number of carbonyl (C=O) groups is 1. The summed E-state index contributed by atoms with van der Waals surface area (Å²) in [5.74, 6) is 1.82. The van der Waals surface area contributed by atoms with E-state index in [-0.39, 0.29) is 5.91 Å². The van der Waals surface area contributed by atoms with E-state index >= 15 is 0 Å². The number of methoxy groups -OCH3 is 2. The van der Waals surface area contributed by atoms with Gasteiger partial charge < -0.3 is 24.4 Å². The second kappa shape index (κ2) is 14.3. The summed E-state index contributed by atoms with van der Waals surface area (Å²) in [6.45, 7) is 3.94. The van der Waals surface area contributed by atoms with Crippen molar-refractivity contribution in [2.75, 3.05) is 47.1 Å². The lowest BCUT2D eigenvalue weighted by Crippen LogP contribution is -2.37. The van der Waals surface area contributed by atoms with Crippen LogP contribution in [0.1, 0.15) is 33.5 Å². The largest absolute Gasteiger partial charge is 0.493 e. The molecular formula is C32H37N3O4. The fraction of sp³-hybridized carbons (Fsp3) is 0.375. The number of benzene rings is 3. The Kier molecular flexibility index (Phi) is 10.4. The molecule has 1 aliphatic rings. The molecule has 39 heavy (non-hydrogen) atoms. The van der Waals surface area contributed by atoms with E-state index in [4.69, 9.17) is 14.2 Å². The normalized spacial score (nSPS) is 16.4. The van der Waals surface area contributed by atoms with Gasteiger partial charge in [0.2, 0.25) is 0 Å². The van der Waals surface area contributed by atoms with Crippen LogP contribution in [0, 0.1) is 23.2 Å². The summed E-state index contributed by atoms with van der Waals surface area (Å²) in [4.78, 5) is 15.9. The smallest absolute Gasteiger partial charge is 0.254 e. The molecule has 0 spiro atoms. The second-order valence-corrected chi connectivity index (χ2v) is 9.92. The van der Waals surface area contributed by atoms with Gasteiger partial charge in [0.25, 0.3) is 5.91 Å². The summed E-state index contributed by atoms with van der Waals surface area (Å²) in [7, 11) is 3.25. The Morgan fingerprint density at radius 2 is 1.72 bits per heavy atom. The first-order valence-corrected chi connectivity index (χ1v) is 13.4. The Labute approximate surface area is 231 Å². The molecule has 3 aromatic rings. The van der Waals surface area contributed by atoms with E-state index in [9.17, 15) is 10.1 Å². The average Bonchev–Trinajstić information content (AvgIpc) is 3.41. The minimum atomic E-state index is -0.0610. The van der Waals surface area contributed by atoms with Crippen LogP contribution in [0.25, 0.3) is 0 Å². The Balaban J connectivity index is 1.56. The zero-order chi connectivity index (χ0) is 27.5. The number of nitrogens with one attached hydrogen (secondary N) is 1. The number of carbonyl (C=O) groups excluding carboxylic acids is 1. The van der Waals surface area contributed by atoms with Crippen molar-refractivity contribution in [2.45, 2.75) is 19.4 Å². The van der Waals surface area contributed by atoms with E-state index < -0.39 is 0 Å². The molecule has 0 radical (unpaired) electrons. The van der Waals surface area contributed by atoms with E-state index in [1.165, 1.54) is 5.56 Å². The molecule has 1 aliphatic heterocycles. The van der Waals surface area contributed by atoms with Crippen LogP contribution in [0.4, 0.5) is 0 Å². The molecule has 7 heteroatoms. The van der Waals surface area contributed by atoms with Crippen LogP contribution in [0.3, 0.4) is 0 Å². The lowest BCUT2D eigenvalue weighted by molar-refractivity contribution is 0.0704. The van der Waals surface area contributed by atoms with Crippen molar-refractivity contribution in [1.29, 1.82) is 5.26 Å². The minimum absolute atomic E-state index is 0.0610. The zero-order valence-corrected chi connectivity index (χ0v) is 22.8. The molecule has 1 amide bonds. The minimum Gasteiger partial charge on any atom is -0.493 e. The van der Waals surface area contributed by atoms with Crippen molar-refractivity contribution < 1.29 is 19.0 Å². The number of ether oxygens (including phenoxy) is 3. The summed E-state index contributed by atoms with van der Waals surface area (Å²) < 4.78 is 16.5. The van der Waals surface area contributed by atoms with Crippen molar-refractivity contribution >= 4 is 5.91 Å². The molecule has 1 heterocycles. The van der Waals surface area contributed by atoms with Gasteiger partial charge in [-0.15, -0.1) is 0 Å². The number of hydrogen-bond acceptors (Lipinski definition) is 6. The van der Waals surface area contributed by atoms with Gasteiger partial charge in [-0.2, -0.15) is 5.26 Å². The first kappa shape index (κ1) is 28.2. The predicted molar refractivity (Wildman–Crippen MR) is 151 cm³/mol. The van der Waals surface area contributed by atoms with Gasteiger partial charge in [-0.1, -0.05) is 42.5 Å². The molecule has 1 saturated heterocycles. The molecule has 3 aromatic carbocycles. The van der Waals surface area contributed by atoms with Crippen molar-refractivity contribution in [3.63, 3.8) is 0 Å². The fourth-order valence-corrected chi connectivity index (χ4v) is 5.05. The average molecular weight is 528 g/mol. The number of nitriles is 1. The molecule has 7 nitrogen and oxygen atoms in total. The maximum absolute atomic E-state index is 14.0. The van der Waals surface area contributed by atoms with E-state index in [1.54, 1.807) is 44.6 Å². The van der Waals surface area contributed by atoms with Gasteiger partial charge in [0.05, 0.1) is 25.3 Å². The van der Waals surface area contributed by atoms with Crippen molar-refractivity contribution in [3.05, 3.63) is 95.1 Å². The van der Waals surface area contributed by atoms with Crippen LogP contribution >= 0.6 is 0 Å². The molecule has 0 bridgehead atoms. The number of hydrogen-bond donors (Lipinski definition) is 1. The fourth-order valence-electron chi connectivity index (χ4n) is 5.05. The monoisotopic (exact) mass is 527 g/mol. The van der Waals surface area contributed by atoms with Crippen LogP contribution in [0.2, 0.25) is 0 Å². The van der Waals surface area contributed by atoms with Crippen LogP contribution in [-0.2, 0) is 17.7 Å². The lowest BCUT2D eigenvalue weighted by atomic mass is 9.89. The van der Waals surface area contributed by atoms with Gasteiger partial charge in [0.1, 0.15) is 0 Å². The van der Waals surface area contributed by atoms with E-state index in [2.05, 4.69) is 35.7 Å². The molecule has 1 N–H and O–H groups in total. The third kappa shape index (κ3) is 7.82. The predicted octanol–water partition coefficient (Wildman–Crippen LogP) is 4.70. The van der Waals surface area contributed by atoms with Crippen molar-refractivity contribution in [2.24, 2.45) is 11.8 Å². The SMILES string of the molecule is COCCCOc1cc(C(=O)N(Cc2ccc(C#N)cc2)C[C@H]2CNC[C@@H]2Cc2ccccc2)ccc1OC. The molecule has 204 valence electrons. The summed E-state index contributed by atoms with van der Waals surface area (Å²) in [6, 6.07) is 25.5. The van der Waals surface area contributed by atoms with Crippen molar-refractivity contribution in [3.8, 4) is 17.6 Å². The summed E-state index contributed by atoms with van der Waals surface area (Å²) in [5, 5.41) is 12.7. The van der Waals surface area contributed by atoms with Gasteiger partial charge >= 0.3 is 0 Å². The van der Waals surface area contributed by atoms with Crippen LogP contribution in [0.15, 0.2) is 72.8 Å². The summed E-state index contributed by atoms with van der Waals surface area (Å²) in [6.07, 6.45) is 1.71. The molecule has 1 fully saturated rings. The van der Waals surface area contributed by atoms with Crippen molar-refractivity contribution in [1.82, 2.24) is 10.2 Å². The van der Waals surface area contributed by atoms with Gasteiger partial charge in [-0.05, 0) is 72.8 Å². The third-order valence-electron chi connectivity index (χ3n) is 7.18. The highest BCUT2D eigenvalue weighted by atomic mass is 16.5. The molecule has 0 aromatic heterocycles. The quantitative estimate of drug-likeness (QED) is 0.325. The number of nitrogens with zero attached hydrogens (tertiary/aromatic N) is 2. The Hall–Kier alpha value is -3.86. The Morgan fingerprint density at radius 1 is 0.949 bits per heavy atom. The van der Waals surface area contributed by atoms with Gasteiger partial charge in [0, 0.05) is 38.8 Å². The zero-order valence-electron chi connectivity index (χ0n) is 22.8. The van der Waals surface area contributed by atoms with Crippen LogP contribution in [-0.4, -0.2) is 57.9 Å². The first-order chi connectivity index (χ1) is 19.1. The van der Waals surface area contributed by atoms with E-state index in [1.807, 2.05) is 23.1 Å². The standard InChI is InChI=1S/C32H37N3O4/c1-37-15-6-16-39-31-18-27(13-14-30(31)38-2)32(36)35(22-26-11-9-25(19-33)10-12-26)23-29-21-34-20-28(29)17-24-7-4-3-5-8-24/h3-5,7-14,18,28-29,34H,6,15-17,20-23H2,1-2H3/t28-,29+/m0/s1. The lowest BCUT2D eigenvalue weighted by Gasteiger charge is -2.29. The third-order valence-corrected chi connectivity index (χ3v) is 7.18. The molecule has 2 atom stereocenters. The highest BCUT2D eigenvalue weighted by molar-refractivity contribution is 5.95. The van der Waals surface area contributed by atoms with Crippen LogP contribution < -0.4 is 14.8 Å². The molecule has 4 rings (SSSR count). The van der Waals surface area contributed by atoms with Gasteiger partial charge in [0.15, 0.2) is 11.5 Å². The maximum Gasteiger partial charge on any atom is 0.254 e. The highest BCUT2D eigenvalue weighted by Gasteiger charge is 2.31. The van der Waals surface area contributed by atoms with E-state index in [0.717, 1.165) is 31.5 Å². The van der Waals surface area contributed by atoms with Gasteiger partial charge in [-0.3, -0.25) is 4.79 Å². The summed E-state index contributed by atoms with van der Waals surface area (Å²) in [5.41, 5.74) is 3.45. The second-order valence-electron chi connectivity index (χ2n) is 9.92. The Bertz CT molecular complexity index is 1240. The van der Waals surface area contributed by atoms with Gasteiger partial charge in [-0.25, -0.2) is 0 Å². The summed E-state index contributed by atoms with van der Waals surface area (Å²) >= 11 is 0. The number of rotatable bonds is 13. The number of amides is 1. The molecular weight excluding hydrogens is 490 g/mol. The Morgan fingerprint density at radius 3 is 2.44 bits per heavy atom. The molecule has 0 aliphatic carbocycles. The first-order valence-electron chi connectivity index (χ1n) is 13.4. The van der Waals surface area contributed by atoms with Crippen LogP contribution in [0.5, 0.6) is 11.5 Å². The maximum atomic E-state index is 14.0.